The maximum absolute atomic E-state index is 13.0. The highest BCUT2D eigenvalue weighted by Crippen LogP contribution is 2.34. The SMILES string of the molecule is CCSc1ccccc1-c1nc2cc(C(F)(F)F)cnc2n1COC. The highest BCUT2D eigenvalue weighted by molar-refractivity contribution is 7.99. The second kappa shape index (κ2) is 7.05. The van der Waals surface area contributed by atoms with E-state index in [9.17, 15) is 13.2 Å². The maximum Gasteiger partial charge on any atom is 0.417 e. The Morgan fingerprint density at radius 2 is 2.00 bits per heavy atom. The zero-order chi connectivity index (χ0) is 18.0. The molecule has 0 unspecified atom stereocenters. The molecule has 0 spiro atoms. The van der Waals surface area contributed by atoms with Gasteiger partial charge in [0.1, 0.15) is 18.1 Å². The van der Waals surface area contributed by atoms with Crippen LogP contribution in [-0.2, 0) is 17.6 Å². The van der Waals surface area contributed by atoms with Crippen LogP contribution in [0.15, 0.2) is 41.4 Å². The number of methoxy groups -OCH3 is 1. The van der Waals surface area contributed by atoms with Gasteiger partial charge in [0, 0.05) is 23.8 Å². The van der Waals surface area contributed by atoms with E-state index in [1.165, 1.54) is 7.11 Å². The summed E-state index contributed by atoms with van der Waals surface area (Å²) in [5.74, 6) is 1.41. The first-order valence-corrected chi connectivity index (χ1v) is 8.59. The number of rotatable bonds is 5. The molecule has 0 N–H and O–H groups in total. The molecule has 0 aliphatic rings. The first-order valence-electron chi connectivity index (χ1n) is 7.60. The largest absolute Gasteiger partial charge is 0.417 e. The van der Waals surface area contributed by atoms with E-state index in [0.717, 1.165) is 28.5 Å². The van der Waals surface area contributed by atoms with E-state index in [1.807, 2.05) is 31.2 Å². The van der Waals surface area contributed by atoms with Gasteiger partial charge < -0.3 is 4.74 Å². The zero-order valence-corrected chi connectivity index (χ0v) is 14.5. The monoisotopic (exact) mass is 367 g/mol. The predicted octanol–water partition coefficient (Wildman–Crippen LogP) is 4.83. The van der Waals surface area contributed by atoms with E-state index in [-0.39, 0.29) is 12.2 Å². The minimum Gasteiger partial charge on any atom is -0.364 e. The van der Waals surface area contributed by atoms with Gasteiger partial charge in [0.2, 0.25) is 0 Å². The van der Waals surface area contributed by atoms with Crippen molar-refractivity contribution in [2.75, 3.05) is 12.9 Å². The van der Waals surface area contributed by atoms with Gasteiger partial charge in [0.15, 0.2) is 5.65 Å². The molecular weight excluding hydrogens is 351 g/mol. The molecule has 3 rings (SSSR count). The summed E-state index contributed by atoms with van der Waals surface area (Å²) in [5.41, 5.74) is 0.585. The summed E-state index contributed by atoms with van der Waals surface area (Å²) < 4.78 is 45.8. The minimum atomic E-state index is -4.46. The van der Waals surface area contributed by atoms with E-state index in [2.05, 4.69) is 9.97 Å². The number of aromatic nitrogens is 3. The van der Waals surface area contributed by atoms with Crippen LogP contribution in [0.25, 0.3) is 22.6 Å². The predicted molar refractivity (Wildman–Crippen MR) is 91.4 cm³/mol. The number of benzene rings is 1. The molecule has 0 amide bonds. The van der Waals surface area contributed by atoms with Gasteiger partial charge in [-0.05, 0) is 17.9 Å². The lowest BCUT2D eigenvalue weighted by atomic mass is 10.2. The number of hydrogen-bond acceptors (Lipinski definition) is 4. The molecule has 0 saturated carbocycles. The summed E-state index contributed by atoms with van der Waals surface area (Å²) in [6, 6.07) is 8.68. The van der Waals surface area contributed by atoms with Gasteiger partial charge in [0.05, 0.1) is 5.56 Å². The topological polar surface area (TPSA) is 39.9 Å². The number of halogens is 3. The van der Waals surface area contributed by atoms with Crippen molar-refractivity contribution in [3.05, 3.63) is 42.1 Å². The molecule has 132 valence electrons. The number of imidazole rings is 1. The van der Waals surface area contributed by atoms with Gasteiger partial charge in [0.25, 0.3) is 0 Å². The molecule has 0 atom stereocenters. The number of thioether (sulfide) groups is 1. The van der Waals surface area contributed by atoms with Crippen LogP contribution in [0.2, 0.25) is 0 Å². The molecule has 8 heteroatoms. The van der Waals surface area contributed by atoms with Crippen molar-refractivity contribution < 1.29 is 17.9 Å². The zero-order valence-electron chi connectivity index (χ0n) is 13.7. The molecule has 0 bridgehead atoms. The summed E-state index contributed by atoms with van der Waals surface area (Å²) in [5, 5.41) is 0. The summed E-state index contributed by atoms with van der Waals surface area (Å²) in [6.07, 6.45) is -3.63. The highest BCUT2D eigenvalue weighted by Gasteiger charge is 2.32. The molecule has 0 saturated heterocycles. The van der Waals surface area contributed by atoms with Gasteiger partial charge in [-0.25, -0.2) is 9.97 Å². The third kappa shape index (κ3) is 3.50. The standard InChI is InChI=1S/C17H16F3N3OS/c1-3-25-14-7-5-4-6-12(14)15-22-13-8-11(17(18,19)20)9-21-16(13)23(15)10-24-2/h4-9H,3,10H2,1-2H3. The lowest BCUT2D eigenvalue weighted by Crippen LogP contribution is -2.07. The lowest BCUT2D eigenvalue weighted by Gasteiger charge is -2.11. The van der Waals surface area contributed by atoms with E-state index in [4.69, 9.17) is 4.74 Å². The number of hydrogen-bond donors (Lipinski definition) is 0. The van der Waals surface area contributed by atoms with Crippen molar-refractivity contribution in [3.8, 4) is 11.4 Å². The normalized spacial score (nSPS) is 12.0. The Labute approximate surface area is 147 Å². The van der Waals surface area contributed by atoms with Crippen LogP contribution < -0.4 is 0 Å². The minimum absolute atomic E-state index is 0.148. The van der Waals surface area contributed by atoms with Crippen molar-refractivity contribution >= 4 is 22.9 Å². The fourth-order valence-corrected chi connectivity index (χ4v) is 3.36. The van der Waals surface area contributed by atoms with Crippen LogP contribution in [-0.4, -0.2) is 27.4 Å². The summed E-state index contributed by atoms with van der Waals surface area (Å²) in [7, 11) is 1.52. The van der Waals surface area contributed by atoms with E-state index in [0.29, 0.717) is 11.5 Å². The molecule has 1 aromatic carbocycles. The van der Waals surface area contributed by atoms with E-state index >= 15 is 0 Å². The second-order valence-electron chi connectivity index (χ2n) is 5.27. The third-order valence-corrected chi connectivity index (χ3v) is 4.55. The van der Waals surface area contributed by atoms with Crippen LogP contribution in [0.4, 0.5) is 13.2 Å². The molecule has 0 aliphatic heterocycles. The molecule has 0 radical (unpaired) electrons. The Balaban J connectivity index is 2.22. The second-order valence-corrected chi connectivity index (χ2v) is 6.58. The summed E-state index contributed by atoms with van der Waals surface area (Å²) in [6.45, 7) is 2.19. The fraction of sp³-hybridized carbons (Fsp3) is 0.294. The maximum atomic E-state index is 13.0. The molecule has 2 heterocycles. The van der Waals surface area contributed by atoms with Crippen molar-refractivity contribution in [1.29, 1.82) is 0 Å². The Morgan fingerprint density at radius 3 is 2.68 bits per heavy atom. The Morgan fingerprint density at radius 1 is 1.24 bits per heavy atom. The van der Waals surface area contributed by atoms with Crippen LogP contribution in [0.5, 0.6) is 0 Å². The van der Waals surface area contributed by atoms with Crippen LogP contribution >= 0.6 is 11.8 Å². The number of alkyl halides is 3. The summed E-state index contributed by atoms with van der Waals surface area (Å²) >= 11 is 1.65. The number of ether oxygens (including phenoxy) is 1. The average molecular weight is 367 g/mol. The van der Waals surface area contributed by atoms with Gasteiger partial charge in [-0.1, -0.05) is 25.1 Å². The highest BCUT2D eigenvalue weighted by atomic mass is 32.2. The number of pyridine rings is 1. The van der Waals surface area contributed by atoms with Gasteiger partial charge in [-0.15, -0.1) is 11.8 Å². The van der Waals surface area contributed by atoms with Crippen LogP contribution in [0.3, 0.4) is 0 Å². The molecule has 2 aromatic heterocycles. The Kier molecular flexibility index (Phi) is 5.01. The molecule has 3 aromatic rings. The van der Waals surface area contributed by atoms with Crippen LogP contribution in [0, 0.1) is 0 Å². The molecule has 25 heavy (non-hydrogen) atoms. The molecule has 4 nitrogen and oxygen atoms in total. The van der Waals surface area contributed by atoms with E-state index < -0.39 is 11.7 Å². The Bertz CT molecular complexity index is 892. The Hall–Kier alpha value is -2.06. The average Bonchev–Trinajstić information content (AvgIpc) is 2.93. The molecule has 0 fully saturated rings. The van der Waals surface area contributed by atoms with Gasteiger partial charge in [-0.2, -0.15) is 13.2 Å². The first kappa shape index (κ1) is 17.8. The fourth-order valence-electron chi connectivity index (χ4n) is 2.56. The van der Waals surface area contributed by atoms with Gasteiger partial charge in [-0.3, -0.25) is 4.57 Å². The quantitative estimate of drug-likeness (QED) is 0.606. The number of nitrogens with zero attached hydrogens (tertiary/aromatic N) is 3. The van der Waals surface area contributed by atoms with Crippen LogP contribution in [0.1, 0.15) is 12.5 Å². The van der Waals surface area contributed by atoms with Crippen molar-refractivity contribution in [2.45, 2.75) is 24.7 Å². The third-order valence-electron chi connectivity index (χ3n) is 3.60. The molecule has 0 aliphatic carbocycles. The molecular formula is C17H16F3N3OS. The van der Waals surface area contributed by atoms with Gasteiger partial charge >= 0.3 is 6.18 Å². The summed E-state index contributed by atoms with van der Waals surface area (Å²) in [4.78, 5) is 9.42. The lowest BCUT2D eigenvalue weighted by molar-refractivity contribution is -0.137. The van der Waals surface area contributed by atoms with Crippen molar-refractivity contribution in [1.82, 2.24) is 14.5 Å². The number of fused-ring (bicyclic) bond motifs is 1. The smallest absolute Gasteiger partial charge is 0.364 e. The van der Waals surface area contributed by atoms with Crippen molar-refractivity contribution in [2.24, 2.45) is 0 Å². The van der Waals surface area contributed by atoms with E-state index in [1.54, 1.807) is 16.3 Å². The first-order chi connectivity index (χ1) is 12.0. The van der Waals surface area contributed by atoms with Crippen molar-refractivity contribution in [3.63, 3.8) is 0 Å².